The van der Waals surface area contributed by atoms with Crippen molar-refractivity contribution in [2.75, 3.05) is 20.8 Å². The number of aromatic nitrogens is 2. The van der Waals surface area contributed by atoms with Crippen molar-refractivity contribution in [1.82, 2.24) is 15.1 Å². The Balaban J connectivity index is 2.52. The van der Waals surface area contributed by atoms with Crippen LogP contribution in [0.4, 0.5) is 0 Å². The molecule has 1 aromatic carbocycles. The fourth-order valence-electron chi connectivity index (χ4n) is 2.32. The van der Waals surface area contributed by atoms with Crippen molar-refractivity contribution < 1.29 is 9.47 Å². The molecule has 0 bridgehead atoms. The van der Waals surface area contributed by atoms with E-state index >= 15 is 0 Å². The summed E-state index contributed by atoms with van der Waals surface area (Å²) in [6.45, 7) is 2.91. The summed E-state index contributed by atoms with van der Waals surface area (Å²) >= 11 is 3.57. The maximum atomic E-state index is 5.36. The van der Waals surface area contributed by atoms with Crippen LogP contribution in [0, 0.1) is 0 Å². The fraction of sp³-hybridized carbons (Fsp3) is 0.400. The van der Waals surface area contributed by atoms with E-state index in [1.165, 1.54) is 0 Å². The first-order valence-electron chi connectivity index (χ1n) is 6.74. The number of hydrogen-bond donors (Lipinski definition) is 1. The summed E-state index contributed by atoms with van der Waals surface area (Å²) in [5.74, 6) is 1.54. The highest BCUT2D eigenvalue weighted by Gasteiger charge is 2.21. The maximum absolute atomic E-state index is 5.36. The second-order valence-electron chi connectivity index (χ2n) is 4.64. The Bertz CT molecular complexity index is 571. The lowest BCUT2D eigenvalue weighted by Gasteiger charge is -2.21. The molecule has 6 heteroatoms. The zero-order valence-electron chi connectivity index (χ0n) is 12.7. The van der Waals surface area contributed by atoms with Gasteiger partial charge in [0.1, 0.15) is 11.5 Å². The van der Waals surface area contributed by atoms with Crippen molar-refractivity contribution in [3.8, 4) is 11.5 Å². The Kier molecular flexibility index (Phi) is 5.25. The van der Waals surface area contributed by atoms with Gasteiger partial charge in [-0.2, -0.15) is 5.10 Å². The van der Waals surface area contributed by atoms with E-state index < -0.39 is 0 Å². The lowest BCUT2D eigenvalue weighted by Crippen LogP contribution is -2.24. The van der Waals surface area contributed by atoms with E-state index in [1.54, 1.807) is 20.4 Å². The molecule has 0 radical (unpaired) electrons. The molecule has 21 heavy (non-hydrogen) atoms. The van der Waals surface area contributed by atoms with Gasteiger partial charge >= 0.3 is 0 Å². The van der Waals surface area contributed by atoms with Gasteiger partial charge in [0.15, 0.2) is 0 Å². The Morgan fingerprint density at radius 2 is 1.86 bits per heavy atom. The minimum absolute atomic E-state index is 0.000810. The largest absolute Gasteiger partial charge is 0.497 e. The Morgan fingerprint density at radius 1 is 1.24 bits per heavy atom. The highest BCUT2D eigenvalue weighted by molar-refractivity contribution is 9.10. The number of halogens is 1. The summed E-state index contributed by atoms with van der Waals surface area (Å²) in [7, 11) is 5.24. The molecule has 1 aromatic heterocycles. The molecule has 2 rings (SSSR count). The van der Waals surface area contributed by atoms with E-state index in [-0.39, 0.29) is 6.04 Å². The van der Waals surface area contributed by atoms with Crippen LogP contribution < -0.4 is 14.8 Å². The van der Waals surface area contributed by atoms with Gasteiger partial charge in [-0.15, -0.1) is 0 Å². The average molecular weight is 354 g/mol. The summed E-state index contributed by atoms with van der Waals surface area (Å²) in [6.07, 6.45) is 1.80. The van der Waals surface area contributed by atoms with E-state index in [9.17, 15) is 0 Å². The zero-order valence-corrected chi connectivity index (χ0v) is 14.3. The number of nitrogens with zero attached hydrogens (tertiary/aromatic N) is 2. The first kappa shape index (κ1) is 15.9. The monoisotopic (exact) mass is 353 g/mol. The quantitative estimate of drug-likeness (QED) is 0.867. The summed E-state index contributed by atoms with van der Waals surface area (Å²) in [6, 6.07) is 5.89. The van der Waals surface area contributed by atoms with Gasteiger partial charge in [0.05, 0.1) is 36.6 Å². The van der Waals surface area contributed by atoms with Gasteiger partial charge in [-0.05, 0) is 40.2 Å². The molecule has 0 saturated carbocycles. The van der Waals surface area contributed by atoms with Gasteiger partial charge in [0, 0.05) is 13.1 Å². The van der Waals surface area contributed by atoms with E-state index in [0.717, 1.165) is 33.8 Å². The molecule has 0 fully saturated rings. The molecule has 5 nitrogen and oxygen atoms in total. The minimum Gasteiger partial charge on any atom is -0.497 e. The Labute approximate surface area is 133 Å². The van der Waals surface area contributed by atoms with Crippen molar-refractivity contribution in [2.45, 2.75) is 13.0 Å². The highest BCUT2D eigenvalue weighted by atomic mass is 79.9. The molecule has 0 saturated heterocycles. The fourth-order valence-corrected chi connectivity index (χ4v) is 2.89. The van der Waals surface area contributed by atoms with Crippen molar-refractivity contribution in [1.29, 1.82) is 0 Å². The topological polar surface area (TPSA) is 48.3 Å². The van der Waals surface area contributed by atoms with Gasteiger partial charge < -0.3 is 14.8 Å². The SMILES string of the molecule is CCNC(c1cc(OC)cc(OC)c1)c1c(Br)cnn1C. The summed E-state index contributed by atoms with van der Waals surface area (Å²) in [5, 5.41) is 7.78. The minimum atomic E-state index is 0.000810. The van der Waals surface area contributed by atoms with Crippen LogP contribution in [0.2, 0.25) is 0 Å². The van der Waals surface area contributed by atoms with Crippen LogP contribution in [0.5, 0.6) is 11.5 Å². The van der Waals surface area contributed by atoms with Crippen LogP contribution in [0.15, 0.2) is 28.9 Å². The van der Waals surface area contributed by atoms with Crippen molar-refractivity contribution in [3.63, 3.8) is 0 Å². The molecule has 114 valence electrons. The molecule has 0 amide bonds. The van der Waals surface area contributed by atoms with E-state index in [4.69, 9.17) is 9.47 Å². The predicted octanol–water partition coefficient (Wildman–Crippen LogP) is 2.90. The maximum Gasteiger partial charge on any atom is 0.122 e. The number of ether oxygens (including phenoxy) is 2. The standard InChI is InChI=1S/C15H20BrN3O2/c1-5-17-14(15-13(16)9-18-19(15)2)10-6-11(20-3)8-12(7-10)21-4/h6-9,14,17H,5H2,1-4H3. The molecule has 0 aliphatic carbocycles. The second kappa shape index (κ2) is 6.95. The first-order chi connectivity index (χ1) is 10.1. The third kappa shape index (κ3) is 3.39. The van der Waals surface area contributed by atoms with Crippen LogP contribution in [-0.4, -0.2) is 30.5 Å². The van der Waals surface area contributed by atoms with Crippen LogP contribution in [-0.2, 0) is 7.05 Å². The molecule has 1 atom stereocenters. The van der Waals surface area contributed by atoms with Crippen molar-refractivity contribution in [3.05, 3.63) is 40.1 Å². The molecular formula is C15H20BrN3O2. The molecule has 1 unspecified atom stereocenters. The average Bonchev–Trinajstić information content (AvgIpc) is 2.83. The van der Waals surface area contributed by atoms with Gasteiger partial charge in [-0.3, -0.25) is 4.68 Å². The molecule has 1 N–H and O–H groups in total. The van der Waals surface area contributed by atoms with Crippen LogP contribution >= 0.6 is 15.9 Å². The van der Waals surface area contributed by atoms with Crippen LogP contribution in [0.3, 0.4) is 0 Å². The third-order valence-electron chi connectivity index (χ3n) is 3.33. The number of methoxy groups -OCH3 is 2. The Morgan fingerprint density at radius 3 is 2.29 bits per heavy atom. The van der Waals surface area contributed by atoms with E-state index in [1.807, 2.05) is 29.9 Å². The molecule has 0 spiro atoms. The summed E-state index contributed by atoms with van der Waals surface area (Å²) < 4.78 is 13.6. The summed E-state index contributed by atoms with van der Waals surface area (Å²) in [4.78, 5) is 0. The normalized spacial score (nSPS) is 12.2. The predicted molar refractivity (Wildman–Crippen MR) is 86.0 cm³/mol. The zero-order chi connectivity index (χ0) is 15.4. The Hall–Kier alpha value is -1.53. The van der Waals surface area contributed by atoms with Gasteiger partial charge in [-0.25, -0.2) is 0 Å². The molecule has 1 heterocycles. The molecule has 2 aromatic rings. The smallest absolute Gasteiger partial charge is 0.122 e. The van der Waals surface area contributed by atoms with Gasteiger partial charge in [0.25, 0.3) is 0 Å². The van der Waals surface area contributed by atoms with Gasteiger partial charge in [-0.1, -0.05) is 6.92 Å². The lowest BCUT2D eigenvalue weighted by molar-refractivity contribution is 0.392. The first-order valence-corrected chi connectivity index (χ1v) is 7.53. The number of hydrogen-bond acceptors (Lipinski definition) is 4. The number of nitrogens with one attached hydrogen (secondary N) is 1. The molecule has 0 aliphatic rings. The number of benzene rings is 1. The number of aryl methyl sites for hydroxylation is 1. The van der Waals surface area contributed by atoms with Crippen LogP contribution in [0.25, 0.3) is 0 Å². The van der Waals surface area contributed by atoms with Gasteiger partial charge in [0.2, 0.25) is 0 Å². The van der Waals surface area contributed by atoms with Crippen molar-refractivity contribution >= 4 is 15.9 Å². The van der Waals surface area contributed by atoms with Crippen LogP contribution in [0.1, 0.15) is 24.2 Å². The van der Waals surface area contributed by atoms with E-state index in [2.05, 4.69) is 33.3 Å². The van der Waals surface area contributed by atoms with E-state index in [0.29, 0.717) is 0 Å². The highest BCUT2D eigenvalue weighted by Crippen LogP contribution is 2.32. The molecule has 0 aliphatic heterocycles. The summed E-state index contributed by atoms with van der Waals surface area (Å²) in [5.41, 5.74) is 2.13. The number of rotatable bonds is 6. The second-order valence-corrected chi connectivity index (χ2v) is 5.49. The van der Waals surface area contributed by atoms with Crippen molar-refractivity contribution in [2.24, 2.45) is 7.05 Å². The third-order valence-corrected chi connectivity index (χ3v) is 3.94. The lowest BCUT2D eigenvalue weighted by atomic mass is 10.0. The molecular weight excluding hydrogens is 334 g/mol.